The van der Waals surface area contributed by atoms with Gasteiger partial charge in [-0.25, -0.2) is 9.59 Å². The maximum atomic E-state index is 12.4. The highest BCUT2D eigenvalue weighted by Gasteiger charge is 2.29. The van der Waals surface area contributed by atoms with Crippen LogP contribution in [0.5, 0.6) is 0 Å². The average molecular weight is 512 g/mol. The molecule has 0 radical (unpaired) electrons. The Bertz CT molecular complexity index is 977. The number of aliphatic carboxylic acids is 1. The summed E-state index contributed by atoms with van der Waals surface area (Å²) in [4.78, 5) is 24.0. The van der Waals surface area contributed by atoms with Crippen molar-refractivity contribution in [2.75, 3.05) is 46.2 Å². The molecule has 1 amide bonds. The van der Waals surface area contributed by atoms with Crippen LogP contribution >= 0.6 is 0 Å². The summed E-state index contributed by atoms with van der Waals surface area (Å²) < 4.78 is 21.5. The maximum Gasteiger partial charge on any atom is 0.407 e. The molecule has 2 N–H and O–H groups in total. The Morgan fingerprint density at radius 1 is 0.892 bits per heavy atom. The standard InChI is InChI=1S/C29H37NO7/c1-2-34-17-18-36-20-19-35-16-10-4-3-5-15-27(28(31)32)30-29(33)37-21-26-24-13-8-6-11-22(24)23-12-7-9-14-25(23)26/h3,5-9,11-14,26-27H,2,4,10,15-21H2,1H3,(H,30,33)(H,31,32)/t27-/m0/s1. The van der Waals surface area contributed by atoms with Crippen molar-refractivity contribution in [3.8, 4) is 11.1 Å². The summed E-state index contributed by atoms with van der Waals surface area (Å²) in [6, 6.07) is 15.1. The molecule has 0 unspecified atom stereocenters. The second-order valence-electron chi connectivity index (χ2n) is 8.63. The zero-order valence-corrected chi connectivity index (χ0v) is 21.4. The molecule has 8 heteroatoms. The predicted molar refractivity (Wildman–Crippen MR) is 141 cm³/mol. The third-order valence-corrected chi connectivity index (χ3v) is 6.08. The van der Waals surface area contributed by atoms with Crippen LogP contribution in [-0.4, -0.2) is 69.5 Å². The van der Waals surface area contributed by atoms with Gasteiger partial charge < -0.3 is 29.4 Å². The first-order chi connectivity index (χ1) is 18.1. The SMILES string of the molecule is CCOCCOCCOCCCC=CC[C@H](NC(=O)OCC1c2ccccc2-c2ccccc21)C(=O)O. The third kappa shape index (κ3) is 9.00. The van der Waals surface area contributed by atoms with Gasteiger partial charge in [0.05, 0.1) is 26.4 Å². The molecule has 0 spiro atoms. The molecule has 2 aromatic carbocycles. The molecule has 3 rings (SSSR count). The molecule has 2 aromatic rings. The number of nitrogens with one attached hydrogen (secondary N) is 1. The number of amides is 1. The zero-order chi connectivity index (χ0) is 26.3. The molecule has 1 atom stereocenters. The number of allylic oxidation sites excluding steroid dienone is 1. The molecule has 0 aromatic heterocycles. The molecule has 0 bridgehead atoms. The van der Waals surface area contributed by atoms with E-state index in [1.54, 1.807) is 6.08 Å². The van der Waals surface area contributed by atoms with Gasteiger partial charge in [-0.15, -0.1) is 0 Å². The Kier molecular flexibility index (Phi) is 12.1. The normalized spacial score (nSPS) is 13.3. The van der Waals surface area contributed by atoms with Crippen LogP contribution in [0, 0.1) is 0 Å². The Hall–Kier alpha value is -3.20. The summed E-state index contributed by atoms with van der Waals surface area (Å²) in [7, 11) is 0. The highest BCUT2D eigenvalue weighted by atomic mass is 16.6. The molecule has 0 saturated carbocycles. The summed E-state index contributed by atoms with van der Waals surface area (Å²) in [5.41, 5.74) is 4.48. The van der Waals surface area contributed by atoms with Gasteiger partial charge in [0, 0.05) is 19.1 Å². The fourth-order valence-corrected chi connectivity index (χ4v) is 4.24. The second kappa shape index (κ2) is 15.8. The number of unbranched alkanes of at least 4 members (excludes halogenated alkanes) is 1. The van der Waals surface area contributed by atoms with E-state index in [1.165, 1.54) is 0 Å². The van der Waals surface area contributed by atoms with Gasteiger partial charge >= 0.3 is 12.1 Å². The summed E-state index contributed by atoms with van der Waals surface area (Å²) in [6.07, 6.45) is 4.67. The molecule has 0 aliphatic heterocycles. The van der Waals surface area contributed by atoms with Crippen LogP contribution < -0.4 is 5.32 Å². The average Bonchev–Trinajstić information content (AvgIpc) is 3.23. The van der Waals surface area contributed by atoms with Crippen LogP contribution in [-0.2, 0) is 23.7 Å². The highest BCUT2D eigenvalue weighted by Crippen LogP contribution is 2.44. The molecule has 1 aliphatic rings. The van der Waals surface area contributed by atoms with Crippen molar-refractivity contribution in [2.24, 2.45) is 0 Å². The number of hydrogen-bond donors (Lipinski definition) is 2. The number of rotatable bonds is 17. The van der Waals surface area contributed by atoms with E-state index in [9.17, 15) is 14.7 Å². The molecular weight excluding hydrogens is 474 g/mol. The van der Waals surface area contributed by atoms with Crippen molar-refractivity contribution in [1.82, 2.24) is 5.32 Å². The fraction of sp³-hybridized carbons (Fsp3) is 0.448. The monoisotopic (exact) mass is 511 g/mol. The summed E-state index contributed by atoms with van der Waals surface area (Å²) in [6.45, 7) is 5.58. The van der Waals surface area contributed by atoms with E-state index in [4.69, 9.17) is 18.9 Å². The molecule has 1 aliphatic carbocycles. The molecule has 200 valence electrons. The minimum absolute atomic E-state index is 0.0785. The number of alkyl carbamates (subject to hydrolysis) is 1. The minimum Gasteiger partial charge on any atom is -0.480 e. The van der Waals surface area contributed by atoms with Gasteiger partial charge in [0.2, 0.25) is 0 Å². The number of hydrogen-bond acceptors (Lipinski definition) is 6. The zero-order valence-electron chi connectivity index (χ0n) is 21.4. The third-order valence-electron chi connectivity index (χ3n) is 6.08. The summed E-state index contributed by atoms with van der Waals surface area (Å²) in [5.74, 6) is -1.18. The van der Waals surface area contributed by atoms with E-state index < -0.39 is 18.1 Å². The van der Waals surface area contributed by atoms with Gasteiger partial charge in [-0.05, 0) is 48.4 Å². The minimum atomic E-state index is -1.11. The lowest BCUT2D eigenvalue weighted by Gasteiger charge is -2.16. The topological polar surface area (TPSA) is 103 Å². The van der Waals surface area contributed by atoms with Crippen molar-refractivity contribution in [2.45, 2.75) is 38.1 Å². The van der Waals surface area contributed by atoms with Crippen molar-refractivity contribution >= 4 is 12.1 Å². The van der Waals surface area contributed by atoms with Crippen LogP contribution in [0.3, 0.4) is 0 Å². The van der Waals surface area contributed by atoms with Crippen molar-refractivity contribution in [1.29, 1.82) is 0 Å². The van der Waals surface area contributed by atoms with Crippen LogP contribution in [0.4, 0.5) is 4.79 Å². The number of fused-ring (bicyclic) bond motifs is 3. The largest absolute Gasteiger partial charge is 0.480 e. The molecule has 37 heavy (non-hydrogen) atoms. The van der Waals surface area contributed by atoms with E-state index in [0.717, 1.165) is 35.1 Å². The van der Waals surface area contributed by atoms with Gasteiger partial charge in [0.25, 0.3) is 0 Å². The number of carbonyl (C=O) groups is 2. The maximum absolute atomic E-state index is 12.4. The lowest BCUT2D eigenvalue weighted by atomic mass is 9.98. The van der Waals surface area contributed by atoms with Gasteiger partial charge in [0.1, 0.15) is 12.6 Å². The Morgan fingerprint density at radius 2 is 1.49 bits per heavy atom. The van der Waals surface area contributed by atoms with E-state index in [-0.39, 0.29) is 18.9 Å². The van der Waals surface area contributed by atoms with Crippen LogP contribution in [0.25, 0.3) is 11.1 Å². The number of benzene rings is 2. The highest BCUT2D eigenvalue weighted by molar-refractivity contribution is 5.81. The fourth-order valence-electron chi connectivity index (χ4n) is 4.24. The number of carbonyl (C=O) groups excluding carboxylic acids is 1. The first-order valence-corrected chi connectivity index (χ1v) is 12.8. The van der Waals surface area contributed by atoms with Gasteiger partial charge in [-0.1, -0.05) is 60.7 Å². The van der Waals surface area contributed by atoms with Crippen molar-refractivity contribution in [3.05, 3.63) is 71.8 Å². The number of ether oxygens (including phenoxy) is 4. The number of carboxylic acid groups (broad SMARTS) is 1. The van der Waals surface area contributed by atoms with Crippen LogP contribution in [0.1, 0.15) is 43.2 Å². The summed E-state index contributed by atoms with van der Waals surface area (Å²) in [5, 5.41) is 12.0. The first-order valence-electron chi connectivity index (χ1n) is 12.8. The van der Waals surface area contributed by atoms with E-state index >= 15 is 0 Å². The van der Waals surface area contributed by atoms with Gasteiger partial charge in [-0.3, -0.25) is 0 Å². The molecule has 0 saturated heterocycles. The molecular formula is C29H37NO7. The van der Waals surface area contributed by atoms with E-state index in [0.29, 0.717) is 39.6 Å². The van der Waals surface area contributed by atoms with Gasteiger partial charge in [0.15, 0.2) is 0 Å². The van der Waals surface area contributed by atoms with Crippen molar-refractivity contribution in [3.63, 3.8) is 0 Å². The summed E-state index contributed by atoms with van der Waals surface area (Å²) >= 11 is 0. The Labute approximate surface area is 218 Å². The Balaban J connectivity index is 1.34. The lowest BCUT2D eigenvalue weighted by Crippen LogP contribution is -2.41. The van der Waals surface area contributed by atoms with E-state index in [2.05, 4.69) is 17.4 Å². The van der Waals surface area contributed by atoms with Gasteiger partial charge in [-0.2, -0.15) is 0 Å². The number of carboxylic acids is 1. The molecule has 0 fully saturated rings. The van der Waals surface area contributed by atoms with Crippen LogP contribution in [0.2, 0.25) is 0 Å². The molecule has 8 nitrogen and oxygen atoms in total. The quantitative estimate of drug-likeness (QED) is 0.233. The smallest absolute Gasteiger partial charge is 0.407 e. The van der Waals surface area contributed by atoms with Crippen molar-refractivity contribution < 1.29 is 33.6 Å². The lowest BCUT2D eigenvalue weighted by molar-refractivity contribution is -0.139. The Morgan fingerprint density at radius 3 is 2.11 bits per heavy atom. The van der Waals surface area contributed by atoms with Crippen LogP contribution in [0.15, 0.2) is 60.7 Å². The second-order valence-corrected chi connectivity index (χ2v) is 8.63. The first kappa shape index (κ1) is 28.4. The molecule has 0 heterocycles. The van der Waals surface area contributed by atoms with E-state index in [1.807, 2.05) is 49.4 Å². The predicted octanol–water partition coefficient (Wildman–Crippen LogP) is 4.77.